The van der Waals surface area contributed by atoms with E-state index in [1.54, 1.807) is 0 Å². The monoisotopic (exact) mass is 373 g/mol. The number of amides is 1. The third-order valence-corrected chi connectivity index (χ3v) is 10.0. The van der Waals surface area contributed by atoms with Gasteiger partial charge in [-0.1, -0.05) is 19.9 Å². The molecule has 148 valence electrons. The van der Waals surface area contributed by atoms with Gasteiger partial charge >= 0.3 is 0 Å². The van der Waals surface area contributed by atoms with Crippen molar-refractivity contribution >= 4 is 5.91 Å². The van der Waals surface area contributed by atoms with Crippen molar-refractivity contribution in [2.75, 3.05) is 13.2 Å². The second-order valence-corrected chi connectivity index (χ2v) is 10.5. The third kappa shape index (κ3) is 1.58. The van der Waals surface area contributed by atoms with Crippen molar-refractivity contribution in [2.45, 2.75) is 70.3 Å². The van der Waals surface area contributed by atoms with E-state index in [9.17, 15) is 15.0 Å². The fourth-order valence-electron chi connectivity index (χ4n) is 9.08. The summed E-state index contributed by atoms with van der Waals surface area (Å²) in [5.41, 5.74) is 0.414. The predicted octanol–water partition coefficient (Wildman–Crippen LogP) is 2.08. The maximum atomic E-state index is 13.4. The number of aliphatic hydroxyl groups is 2. The van der Waals surface area contributed by atoms with Gasteiger partial charge in [0.15, 0.2) is 0 Å². The first-order chi connectivity index (χ1) is 12.9. The van der Waals surface area contributed by atoms with E-state index in [0.717, 1.165) is 50.5 Å². The number of rotatable bonds is 2. The molecule has 3 aliphatic heterocycles. The first kappa shape index (κ1) is 17.0. The fourth-order valence-corrected chi connectivity index (χ4v) is 9.08. The van der Waals surface area contributed by atoms with E-state index in [2.05, 4.69) is 13.5 Å². The van der Waals surface area contributed by atoms with Crippen molar-refractivity contribution in [1.29, 1.82) is 0 Å². The Bertz CT molecular complexity index is 738. The lowest BCUT2D eigenvalue weighted by molar-refractivity contribution is -0.391. The topological polar surface area (TPSA) is 70.0 Å². The summed E-state index contributed by atoms with van der Waals surface area (Å²) in [5, 5.41) is 21.0. The molecule has 3 heterocycles. The number of likely N-dealkylation sites (tertiary alicyclic amines) is 1. The predicted molar refractivity (Wildman–Crippen MR) is 98.4 cm³/mol. The highest BCUT2D eigenvalue weighted by Gasteiger charge is 2.80. The van der Waals surface area contributed by atoms with Crippen molar-refractivity contribution in [3.63, 3.8) is 0 Å². The molecule has 5 nitrogen and oxygen atoms in total. The smallest absolute Gasteiger partial charge is 0.230 e. The highest BCUT2D eigenvalue weighted by Crippen LogP contribution is 2.78. The van der Waals surface area contributed by atoms with Crippen molar-refractivity contribution in [3.8, 4) is 0 Å². The molecule has 2 N–H and O–H groups in total. The molecule has 5 saturated carbocycles. The number of ether oxygens (including phenoxy) is 1. The molecule has 0 radical (unpaired) electrons. The average molecular weight is 373 g/mol. The van der Waals surface area contributed by atoms with Gasteiger partial charge in [0.2, 0.25) is 5.91 Å². The number of aliphatic hydroxyl groups excluding tert-OH is 2. The summed E-state index contributed by atoms with van der Waals surface area (Å²) in [7, 11) is 0. The maximum Gasteiger partial charge on any atom is 0.230 e. The molecule has 27 heavy (non-hydrogen) atoms. The zero-order valence-corrected chi connectivity index (χ0v) is 16.2. The molecule has 5 unspecified atom stereocenters. The number of carbonyl (C=O) groups is 1. The largest absolute Gasteiger partial charge is 0.395 e. The molecule has 1 amide bonds. The van der Waals surface area contributed by atoms with Crippen LogP contribution in [0.1, 0.15) is 51.9 Å². The second-order valence-electron chi connectivity index (χ2n) is 10.5. The summed E-state index contributed by atoms with van der Waals surface area (Å²) >= 11 is 0. The number of fused-ring (bicyclic) bond motifs is 2. The highest BCUT2D eigenvalue weighted by molar-refractivity contribution is 5.85. The van der Waals surface area contributed by atoms with Crippen LogP contribution < -0.4 is 0 Å². The molecule has 0 aromatic rings. The van der Waals surface area contributed by atoms with Crippen LogP contribution in [0.2, 0.25) is 0 Å². The van der Waals surface area contributed by atoms with Crippen LogP contribution in [-0.4, -0.2) is 52.6 Å². The van der Waals surface area contributed by atoms with Gasteiger partial charge in [-0.05, 0) is 61.9 Å². The summed E-state index contributed by atoms with van der Waals surface area (Å²) in [6.45, 7) is 6.77. The van der Waals surface area contributed by atoms with Gasteiger partial charge in [0.1, 0.15) is 6.23 Å². The van der Waals surface area contributed by atoms with E-state index >= 15 is 0 Å². The summed E-state index contributed by atoms with van der Waals surface area (Å²) in [6, 6.07) is 0. The number of piperidine rings is 1. The van der Waals surface area contributed by atoms with Gasteiger partial charge in [-0.2, -0.15) is 0 Å². The SMILES string of the molecule is C=C1[C@@H]2CCC3(C4CC5[C@@]6(CCC[C@@]5(C)C(=O)N(CCO)C6O4)C3C2)[C@H]1O. The van der Waals surface area contributed by atoms with Gasteiger partial charge in [-0.15, -0.1) is 0 Å². The minimum Gasteiger partial charge on any atom is -0.395 e. The molecule has 7 bridgehead atoms. The Kier molecular flexibility index (Phi) is 3.13. The van der Waals surface area contributed by atoms with Crippen LogP contribution in [0, 0.1) is 34.0 Å². The van der Waals surface area contributed by atoms with Gasteiger partial charge in [0.25, 0.3) is 0 Å². The normalized spacial score (nSPS) is 57.8. The first-order valence-electron chi connectivity index (χ1n) is 10.9. The summed E-state index contributed by atoms with van der Waals surface area (Å²) in [5.74, 6) is 1.35. The van der Waals surface area contributed by atoms with Crippen LogP contribution in [0.4, 0.5) is 0 Å². The quantitative estimate of drug-likeness (QED) is 0.727. The van der Waals surface area contributed by atoms with Gasteiger partial charge in [0, 0.05) is 17.4 Å². The molecule has 3 saturated heterocycles. The molecule has 8 rings (SSSR count). The van der Waals surface area contributed by atoms with E-state index in [4.69, 9.17) is 4.74 Å². The minimum absolute atomic E-state index is 0.000840. The average Bonchev–Trinajstić information content (AvgIpc) is 2.68. The molecule has 8 fully saturated rings. The van der Waals surface area contributed by atoms with Crippen LogP contribution in [0.25, 0.3) is 0 Å². The fraction of sp³-hybridized carbons (Fsp3) is 0.864. The third-order valence-electron chi connectivity index (χ3n) is 10.0. The Morgan fingerprint density at radius 3 is 2.81 bits per heavy atom. The van der Waals surface area contributed by atoms with Crippen LogP contribution in [0.5, 0.6) is 0 Å². The van der Waals surface area contributed by atoms with E-state index in [1.807, 2.05) is 4.90 Å². The van der Waals surface area contributed by atoms with Gasteiger partial charge in [0.05, 0.1) is 24.2 Å². The minimum atomic E-state index is -0.464. The molecule has 0 aromatic carbocycles. The zero-order valence-electron chi connectivity index (χ0n) is 16.2. The lowest BCUT2D eigenvalue weighted by atomic mass is 9.32. The Morgan fingerprint density at radius 1 is 1.22 bits per heavy atom. The zero-order chi connectivity index (χ0) is 18.8. The summed E-state index contributed by atoms with van der Waals surface area (Å²) in [4.78, 5) is 15.3. The Labute approximate surface area is 160 Å². The lowest BCUT2D eigenvalue weighted by Crippen LogP contribution is -2.83. The molecule has 8 aliphatic rings. The van der Waals surface area contributed by atoms with E-state index < -0.39 is 6.10 Å². The van der Waals surface area contributed by atoms with Gasteiger partial charge in [-0.3, -0.25) is 4.79 Å². The van der Waals surface area contributed by atoms with E-state index in [0.29, 0.717) is 24.3 Å². The Morgan fingerprint density at radius 2 is 2.04 bits per heavy atom. The molecular weight excluding hydrogens is 342 g/mol. The number of β-amino-alcohol motifs (C(OH)–C–C–N with tert-alkyl or cyclic N) is 1. The second kappa shape index (κ2) is 4.98. The van der Waals surface area contributed by atoms with Crippen molar-refractivity contribution < 1.29 is 19.7 Å². The number of hydrogen-bond donors (Lipinski definition) is 2. The number of hydrogen-bond acceptors (Lipinski definition) is 4. The first-order valence-corrected chi connectivity index (χ1v) is 10.9. The standard InChI is InChI=1S/C22H31NO4/c1-12-13-4-7-22(17(12)25)15(10-13)21-6-3-5-20(2)14(21)11-16(22)27-19(21)23(8-9-24)18(20)26/h13-17,19,24-25H,1,3-11H2,2H3/t13-,14?,15?,16?,17+,19?,20-,21+,22?/m1/s1. The Balaban J connectivity index is 1.55. The molecule has 9 atom stereocenters. The molecule has 5 heteroatoms. The molecule has 0 aromatic heterocycles. The lowest BCUT2D eigenvalue weighted by Gasteiger charge is -2.79. The highest BCUT2D eigenvalue weighted by atomic mass is 16.5. The summed E-state index contributed by atoms with van der Waals surface area (Å²) in [6.07, 6.45) is 6.54. The molecule has 2 spiro atoms. The number of nitrogens with zero attached hydrogens (tertiary/aromatic N) is 1. The van der Waals surface area contributed by atoms with Crippen LogP contribution in [0.15, 0.2) is 12.2 Å². The summed E-state index contributed by atoms with van der Waals surface area (Å²) < 4.78 is 6.71. The van der Waals surface area contributed by atoms with Crippen LogP contribution in [-0.2, 0) is 9.53 Å². The van der Waals surface area contributed by atoms with Gasteiger partial charge in [-0.25, -0.2) is 0 Å². The Hall–Kier alpha value is -0.910. The van der Waals surface area contributed by atoms with Crippen LogP contribution >= 0.6 is 0 Å². The van der Waals surface area contributed by atoms with Crippen molar-refractivity contribution in [2.24, 2.45) is 34.0 Å². The molecular formula is C22H31NO4. The maximum absolute atomic E-state index is 13.4. The van der Waals surface area contributed by atoms with E-state index in [-0.39, 0.29) is 41.1 Å². The van der Waals surface area contributed by atoms with Crippen LogP contribution in [0.3, 0.4) is 0 Å². The van der Waals surface area contributed by atoms with Gasteiger partial charge < -0.3 is 19.8 Å². The van der Waals surface area contributed by atoms with Crippen molar-refractivity contribution in [3.05, 3.63) is 12.2 Å². The van der Waals surface area contributed by atoms with E-state index in [1.165, 1.54) is 0 Å². The van der Waals surface area contributed by atoms with Crippen molar-refractivity contribution in [1.82, 2.24) is 4.90 Å². The molecule has 5 aliphatic carbocycles. The number of carbonyl (C=O) groups excluding carboxylic acids is 1.